The molecular formula is C17H13ClN2O. The molecule has 0 atom stereocenters. The number of furan rings is 1. The Morgan fingerprint density at radius 3 is 2.33 bits per heavy atom. The Hall–Kier alpha value is -2.52. The Bertz CT molecular complexity index is 736. The van der Waals surface area contributed by atoms with Crippen LogP contribution in [0.15, 0.2) is 76.2 Å². The van der Waals surface area contributed by atoms with E-state index in [4.69, 9.17) is 16.0 Å². The lowest BCUT2D eigenvalue weighted by molar-refractivity contribution is 0.584. The molecule has 0 unspecified atom stereocenters. The first-order valence-corrected chi connectivity index (χ1v) is 6.89. The predicted molar refractivity (Wildman–Crippen MR) is 86.8 cm³/mol. The van der Waals surface area contributed by atoms with E-state index >= 15 is 0 Å². The summed E-state index contributed by atoms with van der Waals surface area (Å²) in [7, 11) is 0. The summed E-state index contributed by atoms with van der Waals surface area (Å²) < 4.78 is 5.55. The van der Waals surface area contributed by atoms with Crippen molar-refractivity contribution in [2.24, 2.45) is 5.10 Å². The minimum Gasteiger partial charge on any atom is -0.444 e. The monoisotopic (exact) mass is 296 g/mol. The van der Waals surface area contributed by atoms with Crippen molar-refractivity contribution in [1.82, 2.24) is 0 Å². The van der Waals surface area contributed by atoms with Gasteiger partial charge in [0.2, 0.25) is 5.22 Å². The van der Waals surface area contributed by atoms with Crippen molar-refractivity contribution < 1.29 is 4.42 Å². The number of hydrogen-bond acceptors (Lipinski definition) is 3. The van der Waals surface area contributed by atoms with Crippen LogP contribution in [-0.2, 0) is 0 Å². The minimum absolute atomic E-state index is 0.326. The largest absolute Gasteiger partial charge is 0.444 e. The van der Waals surface area contributed by atoms with Crippen molar-refractivity contribution in [2.75, 3.05) is 5.43 Å². The molecule has 2 aromatic carbocycles. The van der Waals surface area contributed by atoms with E-state index in [2.05, 4.69) is 10.5 Å². The highest BCUT2D eigenvalue weighted by molar-refractivity contribution is 6.31. The minimum atomic E-state index is 0.326. The third-order valence-corrected chi connectivity index (χ3v) is 3.24. The Kier molecular flexibility index (Phi) is 4.03. The maximum atomic E-state index is 6.09. The fourth-order valence-electron chi connectivity index (χ4n) is 1.90. The summed E-state index contributed by atoms with van der Waals surface area (Å²) in [5.74, 6) is 0.724. The molecule has 3 aromatic rings. The molecule has 21 heavy (non-hydrogen) atoms. The van der Waals surface area contributed by atoms with Gasteiger partial charge in [0.25, 0.3) is 0 Å². The molecule has 0 aliphatic heterocycles. The van der Waals surface area contributed by atoms with E-state index in [0.29, 0.717) is 5.22 Å². The van der Waals surface area contributed by atoms with Crippen molar-refractivity contribution in [3.63, 3.8) is 0 Å². The van der Waals surface area contributed by atoms with Crippen LogP contribution in [0.1, 0.15) is 5.56 Å². The van der Waals surface area contributed by atoms with Gasteiger partial charge in [-0.2, -0.15) is 5.10 Å². The molecule has 4 heteroatoms. The normalized spacial score (nSPS) is 10.9. The zero-order valence-corrected chi connectivity index (χ0v) is 11.9. The van der Waals surface area contributed by atoms with E-state index in [1.165, 1.54) is 0 Å². The first-order chi connectivity index (χ1) is 10.3. The van der Waals surface area contributed by atoms with Gasteiger partial charge in [0.1, 0.15) is 5.76 Å². The van der Waals surface area contributed by atoms with Crippen molar-refractivity contribution in [1.29, 1.82) is 0 Å². The second-order valence-electron chi connectivity index (χ2n) is 4.44. The summed E-state index contributed by atoms with van der Waals surface area (Å²) in [5, 5.41) is 4.49. The summed E-state index contributed by atoms with van der Waals surface area (Å²) in [6.45, 7) is 0. The average molecular weight is 297 g/mol. The summed E-state index contributed by atoms with van der Waals surface area (Å²) in [5.41, 5.74) is 5.57. The number of halogens is 1. The van der Waals surface area contributed by atoms with Crippen molar-refractivity contribution in [2.45, 2.75) is 0 Å². The maximum absolute atomic E-state index is 6.09. The van der Waals surface area contributed by atoms with Crippen LogP contribution in [-0.4, -0.2) is 6.21 Å². The molecule has 0 fully saturated rings. The van der Waals surface area contributed by atoms with Crippen molar-refractivity contribution in [3.05, 3.63) is 77.5 Å². The van der Waals surface area contributed by atoms with Crippen molar-refractivity contribution in [3.8, 4) is 11.3 Å². The van der Waals surface area contributed by atoms with Gasteiger partial charge in [0.15, 0.2) is 0 Å². The second-order valence-corrected chi connectivity index (χ2v) is 4.79. The lowest BCUT2D eigenvalue weighted by Gasteiger charge is -1.97. The molecular weight excluding hydrogens is 284 g/mol. The molecule has 3 rings (SSSR count). The molecule has 0 saturated heterocycles. The Morgan fingerprint density at radius 1 is 0.952 bits per heavy atom. The van der Waals surface area contributed by atoms with Gasteiger partial charge in [0.05, 0.1) is 17.5 Å². The van der Waals surface area contributed by atoms with E-state index in [9.17, 15) is 0 Å². The van der Waals surface area contributed by atoms with Gasteiger partial charge in [-0.05, 0) is 29.8 Å². The zero-order chi connectivity index (χ0) is 14.5. The summed E-state index contributed by atoms with van der Waals surface area (Å²) >= 11 is 6.09. The summed E-state index contributed by atoms with van der Waals surface area (Å²) in [6.07, 6.45) is 1.64. The number of nitrogens with one attached hydrogen (secondary N) is 1. The number of hydrogen-bond donors (Lipinski definition) is 1. The van der Waals surface area contributed by atoms with Crippen LogP contribution in [0.2, 0.25) is 5.22 Å². The molecule has 0 aliphatic rings. The molecule has 1 N–H and O–H groups in total. The van der Waals surface area contributed by atoms with Crippen molar-refractivity contribution >= 4 is 23.5 Å². The average Bonchev–Trinajstić information content (AvgIpc) is 2.91. The van der Waals surface area contributed by atoms with Crippen LogP contribution in [0.3, 0.4) is 0 Å². The summed E-state index contributed by atoms with van der Waals surface area (Å²) in [6, 6.07) is 21.4. The molecule has 3 nitrogen and oxygen atoms in total. The molecule has 1 heterocycles. The number of nitrogens with zero attached hydrogens (tertiary/aromatic N) is 1. The molecule has 0 aliphatic carbocycles. The lowest BCUT2D eigenvalue weighted by atomic mass is 10.1. The van der Waals surface area contributed by atoms with Gasteiger partial charge in [-0.15, -0.1) is 0 Å². The van der Waals surface area contributed by atoms with Gasteiger partial charge in [-0.1, -0.05) is 48.5 Å². The molecule has 0 spiro atoms. The second kappa shape index (κ2) is 6.29. The molecule has 0 saturated carbocycles. The van der Waals surface area contributed by atoms with Crippen LogP contribution >= 0.6 is 11.6 Å². The smallest absolute Gasteiger partial charge is 0.202 e. The molecule has 0 amide bonds. The maximum Gasteiger partial charge on any atom is 0.202 e. The lowest BCUT2D eigenvalue weighted by Crippen LogP contribution is -1.89. The molecule has 104 valence electrons. The van der Waals surface area contributed by atoms with Crippen LogP contribution < -0.4 is 5.43 Å². The van der Waals surface area contributed by atoms with Crippen LogP contribution in [0.25, 0.3) is 11.3 Å². The number of hydrazone groups is 1. The van der Waals surface area contributed by atoms with E-state index < -0.39 is 0 Å². The third kappa shape index (κ3) is 3.33. The van der Waals surface area contributed by atoms with E-state index in [0.717, 1.165) is 22.6 Å². The highest BCUT2D eigenvalue weighted by atomic mass is 35.5. The Balaban J connectivity index is 1.76. The van der Waals surface area contributed by atoms with Gasteiger partial charge < -0.3 is 4.42 Å². The van der Waals surface area contributed by atoms with Gasteiger partial charge in [-0.3, -0.25) is 5.43 Å². The highest BCUT2D eigenvalue weighted by Gasteiger charge is 2.08. The van der Waals surface area contributed by atoms with Crippen LogP contribution in [0, 0.1) is 0 Å². The summed E-state index contributed by atoms with van der Waals surface area (Å²) in [4.78, 5) is 0. The van der Waals surface area contributed by atoms with E-state index in [1.54, 1.807) is 6.21 Å². The van der Waals surface area contributed by atoms with Crippen LogP contribution in [0.4, 0.5) is 5.69 Å². The van der Waals surface area contributed by atoms with Gasteiger partial charge in [-0.25, -0.2) is 0 Å². The first kappa shape index (κ1) is 13.5. The zero-order valence-electron chi connectivity index (χ0n) is 11.2. The first-order valence-electron chi connectivity index (χ1n) is 6.52. The van der Waals surface area contributed by atoms with Crippen LogP contribution in [0.5, 0.6) is 0 Å². The van der Waals surface area contributed by atoms with Gasteiger partial charge >= 0.3 is 0 Å². The number of para-hydroxylation sites is 1. The standard InChI is InChI=1S/C17H13ClN2O/c18-17-14(12-19-20-15-9-5-2-6-10-15)11-16(21-17)13-7-3-1-4-8-13/h1-12,20H. The molecule has 0 bridgehead atoms. The fraction of sp³-hybridized carbons (Fsp3) is 0. The fourth-order valence-corrected chi connectivity index (χ4v) is 2.09. The van der Waals surface area contributed by atoms with E-state index in [1.807, 2.05) is 66.7 Å². The number of anilines is 1. The number of rotatable bonds is 4. The quantitative estimate of drug-likeness (QED) is 0.540. The Morgan fingerprint density at radius 2 is 1.62 bits per heavy atom. The van der Waals surface area contributed by atoms with E-state index in [-0.39, 0.29) is 0 Å². The molecule has 1 aromatic heterocycles. The predicted octanol–water partition coefficient (Wildman–Crippen LogP) is 5.05. The van der Waals surface area contributed by atoms with Gasteiger partial charge in [0, 0.05) is 5.56 Å². The SMILES string of the molecule is Clc1oc(-c2ccccc2)cc1C=NNc1ccccc1. The number of benzene rings is 2. The highest BCUT2D eigenvalue weighted by Crippen LogP contribution is 2.27. The Labute approximate surface area is 127 Å². The molecule has 0 radical (unpaired) electrons. The third-order valence-electron chi connectivity index (χ3n) is 2.94. The topological polar surface area (TPSA) is 37.5 Å².